The highest BCUT2D eigenvalue weighted by atomic mass is 32.2. The van der Waals surface area contributed by atoms with Gasteiger partial charge in [-0.15, -0.1) is 16.4 Å². The Morgan fingerprint density at radius 2 is 2.14 bits per heavy atom. The maximum Gasteiger partial charge on any atom is 0.282 e. The summed E-state index contributed by atoms with van der Waals surface area (Å²) in [7, 11) is 0. The molecule has 0 aliphatic heterocycles. The van der Waals surface area contributed by atoms with E-state index >= 15 is 0 Å². The van der Waals surface area contributed by atoms with Gasteiger partial charge in [0.1, 0.15) is 4.38 Å². The van der Waals surface area contributed by atoms with Gasteiger partial charge in [-0.3, -0.25) is 4.79 Å². The molecule has 0 aliphatic rings. The molecule has 2 aromatic rings. The predicted octanol–water partition coefficient (Wildman–Crippen LogP) is 2.39. The Bertz CT molecular complexity index is 789. The van der Waals surface area contributed by atoms with Crippen LogP contribution in [-0.2, 0) is 5.88 Å². The number of carbonyl (C=O) groups excluding carboxylic acids is 1. The van der Waals surface area contributed by atoms with E-state index < -0.39 is 0 Å². The van der Waals surface area contributed by atoms with Gasteiger partial charge in [0.15, 0.2) is 0 Å². The van der Waals surface area contributed by atoms with Crippen molar-refractivity contribution in [1.82, 2.24) is 19.8 Å². The van der Waals surface area contributed by atoms with Crippen molar-refractivity contribution in [2.24, 2.45) is 4.99 Å². The van der Waals surface area contributed by atoms with E-state index in [9.17, 15) is 4.79 Å². The van der Waals surface area contributed by atoms with E-state index in [-0.39, 0.29) is 10.7 Å². The van der Waals surface area contributed by atoms with Crippen molar-refractivity contribution in [1.29, 1.82) is 5.26 Å². The second-order valence-electron chi connectivity index (χ2n) is 3.80. The van der Waals surface area contributed by atoms with Gasteiger partial charge in [0.2, 0.25) is 11.0 Å². The third-order valence-electron chi connectivity index (χ3n) is 2.48. The quantitative estimate of drug-likeness (QED) is 0.276. The molecule has 112 valence electrons. The van der Waals surface area contributed by atoms with Crippen molar-refractivity contribution in [2.45, 2.75) is 5.88 Å². The van der Waals surface area contributed by atoms with E-state index in [1.807, 2.05) is 12.3 Å². The van der Waals surface area contributed by atoms with Crippen LogP contribution in [0.2, 0.25) is 0 Å². The smallest absolute Gasteiger partial charge is 0.267 e. The fourth-order valence-corrected chi connectivity index (χ4v) is 3.06. The third kappa shape index (κ3) is 3.82. The van der Waals surface area contributed by atoms with Gasteiger partial charge in [0.05, 0.1) is 5.88 Å². The minimum atomic E-state index is -0.336. The zero-order valence-corrected chi connectivity index (χ0v) is 13.9. The molecule has 0 saturated heterocycles. The summed E-state index contributed by atoms with van der Waals surface area (Å²) in [6.45, 7) is 0. The Hall–Kier alpha value is -1.96. The molecule has 0 atom stereocenters. The molecule has 1 aromatic carbocycles. The van der Waals surface area contributed by atoms with Crippen LogP contribution in [0.1, 0.15) is 10.4 Å². The Balaban J connectivity index is 2.17. The first-order valence-electron chi connectivity index (χ1n) is 5.93. The standard InChI is InChI=1S/C12H10N6OS3/c1-21-11(14-7-13)22-8-17-12(20)18(16-15-17)10(19)9-5-3-2-4-6-9/h2-6H,8H2,1H3. The molecular weight excluding hydrogens is 340 g/mol. The van der Waals surface area contributed by atoms with Crippen molar-refractivity contribution in [2.75, 3.05) is 6.26 Å². The topological polar surface area (TPSA) is 88.9 Å². The van der Waals surface area contributed by atoms with Crippen LogP contribution in [0.25, 0.3) is 0 Å². The van der Waals surface area contributed by atoms with Crippen molar-refractivity contribution in [3.05, 3.63) is 40.7 Å². The fourth-order valence-electron chi connectivity index (χ4n) is 1.48. The minimum absolute atomic E-state index is 0.193. The zero-order valence-electron chi connectivity index (χ0n) is 11.4. The van der Waals surface area contributed by atoms with Gasteiger partial charge in [-0.1, -0.05) is 30.0 Å². The summed E-state index contributed by atoms with van der Waals surface area (Å²) < 4.78 is 3.27. The Kier molecular flexibility index (Phi) is 5.88. The van der Waals surface area contributed by atoms with Gasteiger partial charge in [-0.25, -0.2) is 4.68 Å². The maximum absolute atomic E-state index is 12.3. The molecule has 0 amide bonds. The minimum Gasteiger partial charge on any atom is -0.267 e. The van der Waals surface area contributed by atoms with Gasteiger partial charge < -0.3 is 0 Å². The fraction of sp³-hybridized carbons (Fsp3) is 0.167. The largest absolute Gasteiger partial charge is 0.282 e. The number of nitrogens with zero attached hydrogens (tertiary/aromatic N) is 6. The lowest BCUT2D eigenvalue weighted by Gasteiger charge is -2.00. The van der Waals surface area contributed by atoms with Crippen molar-refractivity contribution in [3.63, 3.8) is 0 Å². The number of nitriles is 1. The molecule has 0 fully saturated rings. The molecule has 0 radical (unpaired) electrons. The first-order valence-corrected chi connectivity index (χ1v) is 8.55. The number of hydrogen-bond donors (Lipinski definition) is 0. The summed E-state index contributed by atoms with van der Waals surface area (Å²) >= 11 is 7.85. The van der Waals surface area contributed by atoms with Gasteiger partial charge in [0, 0.05) is 5.56 Å². The highest BCUT2D eigenvalue weighted by Gasteiger charge is 2.14. The number of benzene rings is 1. The van der Waals surface area contributed by atoms with Crippen molar-refractivity contribution < 1.29 is 4.79 Å². The van der Waals surface area contributed by atoms with Crippen LogP contribution in [-0.4, -0.2) is 36.3 Å². The van der Waals surface area contributed by atoms with Gasteiger partial charge >= 0.3 is 0 Å². The number of rotatable bonds is 3. The lowest BCUT2D eigenvalue weighted by Crippen LogP contribution is -2.14. The monoisotopic (exact) mass is 350 g/mol. The number of tetrazole rings is 1. The number of carbonyl (C=O) groups is 1. The molecule has 2 rings (SSSR count). The average molecular weight is 350 g/mol. The average Bonchev–Trinajstić information content (AvgIpc) is 2.92. The molecule has 1 aromatic heterocycles. The summed E-state index contributed by atoms with van der Waals surface area (Å²) in [6.07, 6.45) is 3.55. The van der Waals surface area contributed by atoms with E-state index in [0.29, 0.717) is 15.8 Å². The molecule has 1 heterocycles. The molecule has 22 heavy (non-hydrogen) atoms. The predicted molar refractivity (Wildman–Crippen MR) is 89.2 cm³/mol. The zero-order chi connectivity index (χ0) is 15.9. The molecule has 0 bridgehead atoms. The van der Waals surface area contributed by atoms with E-state index in [1.54, 1.807) is 30.5 Å². The van der Waals surface area contributed by atoms with Crippen molar-refractivity contribution in [3.8, 4) is 6.19 Å². The number of aromatic nitrogens is 4. The lowest BCUT2D eigenvalue weighted by atomic mass is 10.2. The third-order valence-corrected chi connectivity index (χ3v) is 4.87. The van der Waals surface area contributed by atoms with Gasteiger partial charge in [0.25, 0.3) is 5.91 Å². The second kappa shape index (κ2) is 7.88. The van der Waals surface area contributed by atoms with Crippen LogP contribution in [0.5, 0.6) is 0 Å². The van der Waals surface area contributed by atoms with E-state index in [0.717, 1.165) is 4.68 Å². The molecule has 0 unspecified atom stereocenters. The Morgan fingerprint density at radius 3 is 2.77 bits per heavy atom. The maximum atomic E-state index is 12.3. The SMILES string of the molecule is CSC(=NC#N)SCn1nnn(C(=O)c2ccccc2)c1=S. The normalized spacial score (nSPS) is 11.2. The summed E-state index contributed by atoms with van der Waals surface area (Å²) in [4.78, 5) is 15.9. The van der Waals surface area contributed by atoms with E-state index in [1.165, 1.54) is 28.2 Å². The number of hydrogen-bond acceptors (Lipinski definition) is 8. The Labute approximate surface area is 140 Å². The second-order valence-corrected chi connectivity index (χ2v) is 6.15. The van der Waals surface area contributed by atoms with Gasteiger partial charge in [-0.2, -0.15) is 10.3 Å². The molecule has 0 spiro atoms. The lowest BCUT2D eigenvalue weighted by molar-refractivity contribution is 0.0941. The van der Waals surface area contributed by atoms with Gasteiger partial charge in [-0.05, 0) is 41.0 Å². The Morgan fingerprint density at radius 1 is 1.41 bits per heavy atom. The first kappa shape index (κ1) is 16.4. The number of thioether (sulfide) groups is 2. The van der Waals surface area contributed by atoms with E-state index in [2.05, 4.69) is 15.4 Å². The summed E-state index contributed by atoms with van der Waals surface area (Å²) in [5, 5.41) is 16.2. The van der Waals surface area contributed by atoms with Crippen LogP contribution < -0.4 is 0 Å². The number of aliphatic imine (C=N–C) groups is 1. The molecule has 10 heteroatoms. The van der Waals surface area contributed by atoms with E-state index in [4.69, 9.17) is 17.5 Å². The molecule has 0 aliphatic carbocycles. The molecular formula is C12H10N6OS3. The molecule has 0 N–H and O–H groups in total. The highest BCUT2D eigenvalue weighted by Crippen LogP contribution is 2.16. The summed E-state index contributed by atoms with van der Waals surface area (Å²) in [5.74, 6) is -0.0138. The highest BCUT2D eigenvalue weighted by molar-refractivity contribution is 8.38. The van der Waals surface area contributed by atoms with Crippen LogP contribution in [0.4, 0.5) is 0 Å². The first-order chi connectivity index (χ1) is 10.7. The van der Waals surface area contributed by atoms with Crippen LogP contribution >= 0.6 is 35.7 Å². The van der Waals surface area contributed by atoms with Crippen molar-refractivity contribution >= 4 is 46.0 Å². The van der Waals surface area contributed by atoms with Crippen LogP contribution in [0.15, 0.2) is 35.3 Å². The molecule has 0 saturated carbocycles. The molecule has 7 nitrogen and oxygen atoms in total. The van der Waals surface area contributed by atoms with Crippen LogP contribution in [0.3, 0.4) is 0 Å². The summed E-state index contributed by atoms with van der Waals surface area (Å²) in [5.41, 5.74) is 0.481. The van der Waals surface area contributed by atoms with Crippen LogP contribution in [0, 0.1) is 16.2 Å². The summed E-state index contributed by atoms with van der Waals surface area (Å²) in [6, 6.07) is 8.72.